The fourth-order valence-electron chi connectivity index (χ4n) is 5.53. The van der Waals surface area contributed by atoms with Gasteiger partial charge in [0.15, 0.2) is 23.1 Å². The Morgan fingerprint density at radius 2 is 1.74 bits per heavy atom. The molecular weight excluding hydrogens is 500 g/mol. The van der Waals surface area contributed by atoms with Gasteiger partial charge in [-0.05, 0) is 40.7 Å². The lowest BCUT2D eigenvalue weighted by Gasteiger charge is -2.29. The minimum atomic E-state index is -1.57. The lowest BCUT2D eigenvalue weighted by molar-refractivity contribution is -0.123. The van der Waals surface area contributed by atoms with E-state index in [0.717, 1.165) is 10.9 Å². The van der Waals surface area contributed by atoms with Gasteiger partial charge in [-0.1, -0.05) is 18.2 Å². The van der Waals surface area contributed by atoms with E-state index in [-0.39, 0.29) is 45.3 Å². The van der Waals surface area contributed by atoms with Crippen LogP contribution in [0.15, 0.2) is 53.6 Å². The summed E-state index contributed by atoms with van der Waals surface area (Å²) >= 11 is 0. The molecule has 1 aliphatic carbocycles. The van der Waals surface area contributed by atoms with Crippen molar-refractivity contribution in [1.29, 1.82) is 0 Å². The van der Waals surface area contributed by atoms with Crippen LogP contribution >= 0.6 is 0 Å². The molecule has 0 fully saturated rings. The van der Waals surface area contributed by atoms with Gasteiger partial charge in [-0.2, -0.15) is 0 Å². The predicted octanol–water partition coefficient (Wildman–Crippen LogP) is 4.02. The molecule has 1 atom stereocenters. The highest BCUT2D eigenvalue weighted by atomic mass is 16.5. The van der Waals surface area contributed by atoms with Crippen LogP contribution in [-0.2, 0) is 21.5 Å². The number of aromatic hydroxyl groups is 2. The quantitative estimate of drug-likeness (QED) is 0.248. The van der Waals surface area contributed by atoms with Crippen LogP contribution in [0.5, 0.6) is 17.2 Å². The first-order chi connectivity index (χ1) is 18.4. The second-order valence-corrected chi connectivity index (χ2v) is 10.1. The van der Waals surface area contributed by atoms with E-state index in [2.05, 4.69) is 5.32 Å². The fourth-order valence-corrected chi connectivity index (χ4v) is 5.53. The molecule has 2 aliphatic rings. The number of Topliss-reactive ketones (excluding diaryl/α,β-unsaturated/α-hetero) is 3. The van der Waals surface area contributed by atoms with Crippen molar-refractivity contribution in [2.24, 2.45) is 0 Å². The first-order valence-electron chi connectivity index (χ1n) is 12.5. The number of para-hydroxylation sites is 1. The van der Waals surface area contributed by atoms with Crippen LogP contribution in [0.2, 0.25) is 0 Å². The number of carbonyl (C=O) groups excluding carboxylic acids is 4. The van der Waals surface area contributed by atoms with Crippen molar-refractivity contribution in [3.8, 4) is 17.2 Å². The van der Waals surface area contributed by atoms with Crippen molar-refractivity contribution >= 4 is 34.0 Å². The second-order valence-electron chi connectivity index (χ2n) is 10.1. The number of aromatic nitrogens is 1. The molecule has 2 heterocycles. The summed E-state index contributed by atoms with van der Waals surface area (Å²) in [5.41, 5.74) is 0.146. The minimum absolute atomic E-state index is 0.0116. The number of phenolic OH excluding ortho intramolecular Hbond substituents is 2. The Hall–Kier alpha value is -4.66. The maximum atomic E-state index is 13.9. The zero-order valence-electron chi connectivity index (χ0n) is 22.3. The van der Waals surface area contributed by atoms with Crippen molar-refractivity contribution in [1.82, 2.24) is 9.88 Å². The lowest BCUT2D eigenvalue weighted by Crippen LogP contribution is -2.41. The number of rotatable bonds is 6. The van der Waals surface area contributed by atoms with Crippen molar-refractivity contribution in [3.05, 3.63) is 75.8 Å². The summed E-state index contributed by atoms with van der Waals surface area (Å²) in [6.07, 6.45) is 2.99. The number of nitrogens with one attached hydrogen (secondary N) is 1. The Morgan fingerprint density at radius 3 is 2.41 bits per heavy atom. The second kappa shape index (κ2) is 8.97. The lowest BCUT2D eigenvalue weighted by atomic mass is 9.70. The third-order valence-electron chi connectivity index (χ3n) is 7.67. The van der Waals surface area contributed by atoms with Crippen LogP contribution < -0.4 is 10.1 Å². The molecule has 9 heteroatoms. The molecule has 3 N–H and O–H groups in total. The highest BCUT2D eigenvalue weighted by Crippen LogP contribution is 2.57. The van der Waals surface area contributed by atoms with Gasteiger partial charge in [-0.15, -0.1) is 0 Å². The summed E-state index contributed by atoms with van der Waals surface area (Å²) < 4.78 is 7.74. The fraction of sp³-hybridized carbons (Fsp3) is 0.267. The van der Waals surface area contributed by atoms with Gasteiger partial charge in [0.05, 0.1) is 11.1 Å². The molecule has 0 radical (unpaired) electrons. The van der Waals surface area contributed by atoms with E-state index in [0.29, 0.717) is 24.4 Å². The van der Waals surface area contributed by atoms with Gasteiger partial charge in [0.25, 0.3) is 0 Å². The van der Waals surface area contributed by atoms with Crippen molar-refractivity contribution in [2.75, 3.05) is 6.54 Å². The molecule has 0 spiro atoms. The molecule has 1 aliphatic heterocycles. The Balaban J connectivity index is 1.49. The molecule has 2 aromatic carbocycles. The molecule has 0 amide bonds. The molecule has 0 saturated carbocycles. The Morgan fingerprint density at radius 1 is 1.05 bits per heavy atom. The van der Waals surface area contributed by atoms with Gasteiger partial charge in [-0.3, -0.25) is 19.2 Å². The molecule has 1 aromatic heterocycles. The third kappa shape index (κ3) is 3.68. The minimum Gasteiger partial charge on any atom is -0.507 e. The van der Waals surface area contributed by atoms with Crippen LogP contribution in [0.1, 0.15) is 59.5 Å². The van der Waals surface area contributed by atoms with Gasteiger partial charge >= 0.3 is 0 Å². The third-order valence-corrected chi connectivity index (χ3v) is 7.67. The number of hydrogen-bond donors (Lipinski definition) is 3. The predicted molar refractivity (Wildman–Crippen MR) is 143 cm³/mol. The first-order valence-corrected chi connectivity index (χ1v) is 12.5. The molecule has 3 aromatic rings. The molecule has 1 unspecified atom stereocenters. The first kappa shape index (κ1) is 26.0. The normalized spacial score (nSPS) is 19.4. The number of fused-ring (bicyclic) bond motifs is 4. The van der Waals surface area contributed by atoms with E-state index >= 15 is 0 Å². The zero-order valence-corrected chi connectivity index (χ0v) is 22.3. The van der Waals surface area contributed by atoms with Crippen LogP contribution in [0.4, 0.5) is 0 Å². The van der Waals surface area contributed by atoms with Gasteiger partial charge in [0.2, 0.25) is 0 Å². The molecule has 200 valence electrons. The number of allylic oxidation sites excluding steroid dienone is 4. The number of carbonyl (C=O) groups is 4. The van der Waals surface area contributed by atoms with Gasteiger partial charge < -0.3 is 24.8 Å². The van der Waals surface area contributed by atoms with E-state index in [4.69, 9.17) is 4.74 Å². The van der Waals surface area contributed by atoms with E-state index in [1.165, 1.54) is 33.8 Å². The monoisotopic (exact) mass is 528 g/mol. The zero-order chi connectivity index (χ0) is 28.4. The summed E-state index contributed by atoms with van der Waals surface area (Å²) in [5.74, 6) is -2.63. The average Bonchev–Trinajstić information content (AvgIpc) is 3.39. The summed E-state index contributed by atoms with van der Waals surface area (Å²) in [5, 5.41) is 25.5. The Bertz CT molecular complexity index is 1710. The van der Waals surface area contributed by atoms with Crippen LogP contribution in [-0.4, -0.2) is 44.5 Å². The number of hydrogen-bond acceptors (Lipinski definition) is 8. The number of phenols is 2. The molecule has 0 saturated heterocycles. The topological polar surface area (TPSA) is 135 Å². The maximum Gasteiger partial charge on any atom is 0.194 e. The number of nitrogens with zero attached hydrogens (tertiary/aromatic N) is 1. The van der Waals surface area contributed by atoms with Crippen LogP contribution in [0.3, 0.4) is 0 Å². The average molecular weight is 529 g/mol. The largest absolute Gasteiger partial charge is 0.507 e. The van der Waals surface area contributed by atoms with Gasteiger partial charge in [-0.25, -0.2) is 0 Å². The highest BCUT2D eigenvalue weighted by molar-refractivity contribution is 6.31. The number of benzene rings is 2. The van der Waals surface area contributed by atoms with Crippen LogP contribution in [0.25, 0.3) is 10.9 Å². The summed E-state index contributed by atoms with van der Waals surface area (Å²) in [4.78, 5) is 51.5. The van der Waals surface area contributed by atoms with E-state index in [1.54, 1.807) is 13.1 Å². The Labute approximate surface area is 224 Å². The highest BCUT2D eigenvalue weighted by Gasteiger charge is 2.56. The van der Waals surface area contributed by atoms with Gasteiger partial charge in [0.1, 0.15) is 34.0 Å². The SMILES string of the molecule is CC(=O)c1c(O)c(C)c(O)c2c1OC1=CC(=O)C(=C(C)NCCn3cc(C(C)=O)c4ccccc43)C(=O)C12C. The number of ketones is 4. The standard InChI is InChI=1S/C30H28N2O7/c1-14-26(36)24(17(4)34)28-25(27(14)37)30(5)22(39-28)12-21(35)23(29(30)38)15(2)31-10-11-32-13-19(16(3)33)18-8-6-7-9-20(18)32/h6-9,12-13,31,36-37H,10-11H2,1-5H3. The van der Waals surface area contributed by atoms with E-state index < -0.39 is 28.5 Å². The van der Waals surface area contributed by atoms with E-state index in [1.807, 2.05) is 28.8 Å². The van der Waals surface area contributed by atoms with Crippen molar-refractivity contribution < 1.29 is 34.1 Å². The summed E-state index contributed by atoms with van der Waals surface area (Å²) in [7, 11) is 0. The molecular formula is C30H28N2O7. The summed E-state index contributed by atoms with van der Waals surface area (Å²) in [6.45, 7) is 8.18. The van der Waals surface area contributed by atoms with Crippen LogP contribution in [0, 0.1) is 6.92 Å². The smallest absolute Gasteiger partial charge is 0.194 e. The van der Waals surface area contributed by atoms with Gasteiger partial charge in [0, 0.05) is 53.1 Å². The maximum absolute atomic E-state index is 13.9. The Kier molecular flexibility index (Phi) is 5.97. The van der Waals surface area contributed by atoms with Crippen molar-refractivity contribution in [2.45, 2.75) is 46.6 Å². The molecule has 5 rings (SSSR count). The van der Waals surface area contributed by atoms with E-state index in [9.17, 15) is 29.4 Å². The number of ether oxygens (including phenoxy) is 1. The molecule has 39 heavy (non-hydrogen) atoms. The molecule has 0 bridgehead atoms. The summed E-state index contributed by atoms with van der Waals surface area (Å²) in [6, 6.07) is 7.58. The van der Waals surface area contributed by atoms with Crippen molar-refractivity contribution in [3.63, 3.8) is 0 Å². The molecule has 9 nitrogen and oxygen atoms in total.